The molecule has 0 aromatic rings. The van der Waals surface area contributed by atoms with Gasteiger partial charge >= 0.3 is 0 Å². The highest BCUT2D eigenvalue weighted by atomic mass is 15.2. The number of hydrogen-bond donors (Lipinski definition) is 1. The Kier molecular flexibility index (Phi) is 5.53. The largest absolute Gasteiger partial charge is 0.329 e. The van der Waals surface area contributed by atoms with Crippen LogP contribution < -0.4 is 5.73 Å². The number of hydrogen-bond acceptors (Lipinski definition) is 3. The van der Waals surface area contributed by atoms with Gasteiger partial charge in [-0.1, -0.05) is 6.92 Å². The molecule has 80 valence electrons. The zero-order valence-corrected chi connectivity index (χ0v) is 9.80. The summed E-state index contributed by atoms with van der Waals surface area (Å²) in [5, 5.41) is 0. The van der Waals surface area contributed by atoms with E-state index in [1.165, 1.54) is 0 Å². The molecule has 0 aliphatic rings. The molecule has 0 spiro atoms. The van der Waals surface area contributed by atoms with E-state index in [1.807, 2.05) is 0 Å². The Labute approximate surface area is 82.9 Å². The lowest BCUT2D eigenvalue weighted by molar-refractivity contribution is 0.123. The quantitative estimate of drug-likeness (QED) is 0.661. The van der Waals surface area contributed by atoms with Crippen molar-refractivity contribution in [3.63, 3.8) is 0 Å². The second-order valence-electron chi connectivity index (χ2n) is 4.40. The molecule has 0 rings (SSSR count). The molecule has 0 fully saturated rings. The monoisotopic (exact) mass is 187 g/mol. The van der Waals surface area contributed by atoms with E-state index >= 15 is 0 Å². The molecule has 3 nitrogen and oxygen atoms in total. The molecule has 0 bridgehead atoms. The second kappa shape index (κ2) is 5.58. The van der Waals surface area contributed by atoms with Crippen LogP contribution in [0.4, 0.5) is 0 Å². The fraction of sp³-hybridized carbons (Fsp3) is 1.00. The highest BCUT2D eigenvalue weighted by molar-refractivity contribution is 4.81. The van der Waals surface area contributed by atoms with Crippen LogP contribution in [0.25, 0.3) is 0 Å². The molecule has 0 atom stereocenters. The van der Waals surface area contributed by atoms with Gasteiger partial charge in [-0.05, 0) is 34.5 Å². The van der Waals surface area contributed by atoms with Gasteiger partial charge in [-0.25, -0.2) is 0 Å². The van der Waals surface area contributed by atoms with E-state index in [1.54, 1.807) is 0 Å². The smallest absolute Gasteiger partial charge is 0.0275 e. The van der Waals surface area contributed by atoms with Gasteiger partial charge in [0.2, 0.25) is 0 Å². The third-order valence-electron chi connectivity index (χ3n) is 2.55. The lowest BCUT2D eigenvalue weighted by Crippen LogP contribution is -2.51. The molecule has 3 heteroatoms. The van der Waals surface area contributed by atoms with Crippen molar-refractivity contribution in [2.24, 2.45) is 5.73 Å². The Bertz CT molecular complexity index is 132. The average Bonchev–Trinajstić information content (AvgIpc) is 2.04. The highest BCUT2D eigenvalue weighted by Crippen LogP contribution is 2.11. The third kappa shape index (κ3) is 4.60. The summed E-state index contributed by atoms with van der Waals surface area (Å²) in [6.45, 7) is 10.6. The fourth-order valence-electron chi connectivity index (χ4n) is 1.34. The highest BCUT2D eigenvalue weighted by Gasteiger charge is 2.22. The van der Waals surface area contributed by atoms with Crippen LogP contribution in [0.3, 0.4) is 0 Å². The van der Waals surface area contributed by atoms with E-state index in [2.05, 4.69) is 44.7 Å². The van der Waals surface area contributed by atoms with Crippen molar-refractivity contribution in [3.8, 4) is 0 Å². The SMILES string of the molecule is CCN(CCN(C)C)C(C)(C)CN. The van der Waals surface area contributed by atoms with Crippen LogP contribution in [0, 0.1) is 0 Å². The maximum Gasteiger partial charge on any atom is 0.0275 e. The summed E-state index contributed by atoms with van der Waals surface area (Å²) in [5.41, 5.74) is 5.86. The van der Waals surface area contributed by atoms with Crippen molar-refractivity contribution in [3.05, 3.63) is 0 Å². The van der Waals surface area contributed by atoms with Gasteiger partial charge in [-0.15, -0.1) is 0 Å². The van der Waals surface area contributed by atoms with E-state index < -0.39 is 0 Å². The summed E-state index contributed by atoms with van der Waals surface area (Å²) in [7, 11) is 4.20. The Morgan fingerprint density at radius 1 is 1.15 bits per heavy atom. The summed E-state index contributed by atoms with van der Waals surface area (Å²) in [6, 6.07) is 0. The molecule has 0 saturated heterocycles. The normalized spacial score (nSPS) is 12.9. The van der Waals surface area contributed by atoms with Gasteiger partial charge in [0.1, 0.15) is 0 Å². The van der Waals surface area contributed by atoms with Crippen LogP contribution in [0.2, 0.25) is 0 Å². The summed E-state index contributed by atoms with van der Waals surface area (Å²) in [5.74, 6) is 0. The van der Waals surface area contributed by atoms with Gasteiger partial charge in [0.15, 0.2) is 0 Å². The van der Waals surface area contributed by atoms with E-state index in [4.69, 9.17) is 5.73 Å². The molecule has 0 aromatic heterocycles. The molecular formula is C10H25N3. The van der Waals surface area contributed by atoms with Gasteiger partial charge in [0.25, 0.3) is 0 Å². The minimum absolute atomic E-state index is 0.130. The molecule has 0 saturated carbocycles. The van der Waals surface area contributed by atoms with Gasteiger partial charge in [0.05, 0.1) is 0 Å². The molecule has 0 aliphatic heterocycles. The zero-order valence-electron chi connectivity index (χ0n) is 9.80. The van der Waals surface area contributed by atoms with E-state index in [0.717, 1.165) is 19.6 Å². The fourth-order valence-corrected chi connectivity index (χ4v) is 1.34. The Balaban J connectivity index is 4.02. The van der Waals surface area contributed by atoms with Crippen LogP contribution >= 0.6 is 0 Å². The topological polar surface area (TPSA) is 32.5 Å². The molecule has 0 heterocycles. The summed E-state index contributed by atoms with van der Waals surface area (Å²) in [4.78, 5) is 4.63. The Hall–Kier alpha value is -0.120. The Morgan fingerprint density at radius 2 is 1.69 bits per heavy atom. The average molecular weight is 187 g/mol. The zero-order chi connectivity index (χ0) is 10.5. The summed E-state index contributed by atoms with van der Waals surface area (Å²) < 4.78 is 0. The standard InChI is InChI=1S/C10H25N3/c1-6-13(8-7-12(4)5)10(2,3)9-11/h6-9,11H2,1-5H3. The molecule has 0 aromatic carbocycles. The maximum absolute atomic E-state index is 5.73. The van der Waals surface area contributed by atoms with Crippen LogP contribution in [-0.2, 0) is 0 Å². The molecule has 0 unspecified atom stereocenters. The van der Waals surface area contributed by atoms with Crippen LogP contribution in [0.5, 0.6) is 0 Å². The number of nitrogens with two attached hydrogens (primary N) is 1. The second-order valence-corrected chi connectivity index (χ2v) is 4.40. The molecule has 13 heavy (non-hydrogen) atoms. The number of likely N-dealkylation sites (N-methyl/N-ethyl adjacent to an activating group) is 2. The predicted octanol–water partition coefficient (Wildman–Crippen LogP) is 0.607. The van der Waals surface area contributed by atoms with Crippen LogP contribution in [-0.4, -0.2) is 55.6 Å². The number of nitrogens with zero attached hydrogens (tertiary/aromatic N) is 2. The molecular weight excluding hydrogens is 162 g/mol. The molecule has 0 aliphatic carbocycles. The van der Waals surface area contributed by atoms with Crippen molar-refractivity contribution in [1.82, 2.24) is 9.80 Å². The first-order valence-electron chi connectivity index (χ1n) is 5.04. The van der Waals surface area contributed by atoms with Crippen LogP contribution in [0.1, 0.15) is 20.8 Å². The van der Waals surface area contributed by atoms with Gasteiger partial charge < -0.3 is 10.6 Å². The molecule has 0 amide bonds. The summed E-state index contributed by atoms with van der Waals surface area (Å²) in [6.07, 6.45) is 0. The maximum atomic E-state index is 5.73. The first-order valence-corrected chi connectivity index (χ1v) is 5.04. The molecule has 2 N–H and O–H groups in total. The Morgan fingerprint density at radius 3 is 2.00 bits per heavy atom. The van der Waals surface area contributed by atoms with Gasteiger partial charge in [-0.3, -0.25) is 4.90 Å². The summed E-state index contributed by atoms with van der Waals surface area (Å²) >= 11 is 0. The van der Waals surface area contributed by atoms with Gasteiger partial charge in [0, 0.05) is 25.2 Å². The van der Waals surface area contributed by atoms with E-state index in [0.29, 0.717) is 6.54 Å². The van der Waals surface area contributed by atoms with Crippen molar-refractivity contribution in [1.29, 1.82) is 0 Å². The number of rotatable bonds is 6. The van der Waals surface area contributed by atoms with Gasteiger partial charge in [-0.2, -0.15) is 0 Å². The minimum Gasteiger partial charge on any atom is -0.329 e. The molecule has 0 radical (unpaired) electrons. The van der Waals surface area contributed by atoms with E-state index in [-0.39, 0.29) is 5.54 Å². The minimum atomic E-state index is 0.130. The lowest BCUT2D eigenvalue weighted by atomic mass is 10.0. The lowest BCUT2D eigenvalue weighted by Gasteiger charge is -2.37. The van der Waals surface area contributed by atoms with Crippen molar-refractivity contribution >= 4 is 0 Å². The van der Waals surface area contributed by atoms with Crippen molar-refractivity contribution in [2.75, 3.05) is 40.3 Å². The van der Waals surface area contributed by atoms with Crippen molar-refractivity contribution < 1.29 is 0 Å². The van der Waals surface area contributed by atoms with E-state index in [9.17, 15) is 0 Å². The van der Waals surface area contributed by atoms with Crippen LogP contribution in [0.15, 0.2) is 0 Å². The third-order valence-corrected chi connectivity index (χ3v) is 2.55. The first kappa shape index (κ1) is 12.9. The first-order chi connectivity index (χ1) is 5.94. The predicted molar refractivity (Wildman–Crippen MR) is 58.9 cm³/mol. The van der Waals surface area contributed by atoms with Crippen molar-refractivity contribution in [2.45, 2.75) is 26.3 Å².